The SMILES string of the molecule is N[C@@H](C(=O)N[C@@H](Cc1c[nH]c2ccccc12)C(=O)O)c1ccccc1. The summed E-state index contributed by atoms with van der Waals surface area (Å²) in [7, 11) is 0. The van der Waals surface area contributed by atoms with Gasteiger partial charge in [0.25, 0.3) is 0 Å². The number of nitrogens with one attached hydrogen (secondary N) is 2. The molecule has 0 aliphatic heterocycles. The molecule has 6 nitrogen and oxygen atoms in total. The lowest BCUT2D eigenvalue weighted by Crippen LogP contribution is -2.46. The third-order valence-electron chi connectivity index (χ3n) is 4.15. The molecule has 0 aliphatic rings. The number of hydrogen-bond donors (Lipinski definition) is 4. The topological polar surface area (TPSA) is 108 Å². The summed E-state index contributed by atoms with van der Waals surface area (Å²) in [6.45, 7) is 0. The molecule has 3 aromatic rings. The highest BCUT2D eigenvalue weighted by molar-refractivity contribution is 5.89. The number of aliphatic carboxylic acids is 1. The van der Waals surface area contributed by atoms with Crippen LogP contribution in [0, 0.1) is 0 Å². The zero-order chi connectivity index (χ0) is 17.8. The number of aromatic nitrogens is 1. The maximum absolute atomic E-state index is 12.3. The van der Waals surface area contributed by atoms with Crippen molar-refractivity contribution in [3.05, 3.63) is 71.9 Å². The van der Waals surface area contributed by atoms with Gasteiger partial charge in [-0.3, -0.25) is 4.79 Å². The van der Waals surface area contributed by atoms with Gasteiger partial charge in [-0.15, -0.1) is 0 Å². The minimum atomic E-state index is -1.10. The van der Waals surface area contributed by atoms with Gasteiger partial charge in [0.1, 0.15) is 12.1 Å². The first-order chi connectivity index (χ1) is 12.1. The van der Waals surface area contributed by atoms with Crippen molar-refractivity contribution in [3.8, 4) is 0 Å². The lowest BCUT2D eigenvalue weighted by molar-refractivity contribution is -0.142. The number of carbonyl (C=O) groups excluding carboxylic acids is 1. The van der Waals surface area contributed by atoms with E-state index in [1.165, 1.54) is 0 Å². The van der Waals surface area contributed by atoms with E-state index in [-0.39, 0.29) is 6.42 Å². The Kier molecular flexibility index (Phi) is 4.81. The van der Waals surface area contributed by atoms with E-state index < -0.39 is 24.0 Å². The molecule has 0 saturated carbocycles. The lowest BCUT2D eigenvalue weighted by Gasteiger charge is -2.18. The van der Waals surface area contributed by atoms with Gasteiger partial charge in [-0.1, -0.05) is 48.5 Å². The van der Waals surface area contributed by atoms with Crippen LogP contribution >= 0.6 is 0 Å². The summed E-state index contributed by atoms with van der Waals surface area (Å²) in [5.41, 5.74) is 8.33. The second-order valence-electron chi connectivity index (χ2n) is 5.85. The molecule has 0 aliphatic carbocycles. The Morgan fingerprint density at radius 2 is 1.76 bits per heavy atom. The molecule has 0 saturated heterocycles. The molecule has 0 spiro atoms. The summed E-state index contributed by atoms with van der Waals surface area (Å²) in [4.78, 5) is 27.0. The minimum absolute atomic E-state index is 0.173. The number of rotatable bonds is 6. The molecule has 0 bridgehead atoms. The molecule has 0 unspecified atom stereocenters. The van der Waals surface area contributed by atoms with Gasteiger partial charge < -0.3 is 21.1 Å². The highest BCUT2D eigenvalue weighted by Gasteiger charge is 2.25. The number of H-pyrrole nitrogens is 1. The maximum Gasteiger partial charge on any atom is 0.326 e. The number of carboxylic acids is 1. The zero-order valence-electron chi connectivity index (χ0n) is 13.5. The molecule has 1 amide bonds. The second kappa shape index (κ2) is 7.19. The maximum atomic E-state index is 12.3. The van der Waals surface area contributed by atoms with E-state index in [1.54, 1.807) is 30.5 Å². The van der Waals surface area contributed by atoms with Gasteiger partial charge in [-0.25, -0.2) is 4.79 Å². The molecule has 2 atom stereocenters. The molecule has 1 aromatic heterocycles. The van der Waals surface area contributed by atoms with Crippen LogP contribution < -0.4 is 11.1 Å². The van der Waals surface area contributed by atoms with Crippen LogP contribution in [-0.4, -0.2) is 28.0 Å². The third kappa shape index (κ3) is 3.70. The van der Waals surface area contributed by atoms with Crippen molar-refractivity contribution in [1.29, 1.82) is 0 Å². The minimum Gasteiger partial charge on any atom is -0.480 e. The van der Waals surface area contributed by atoms with Crippen LogP contribution in [-0.2, 0) is 16.0 Å². The molecule has 0 fully saturated rings. The molecule has 128 valence electrons. The van der Waals surface area contributed by atoms with Crippen LogP contribution in [0.25, 0.3) is 10.9 Å². The Morgan fingerprint density at radius 3 is 2.48 bits per heavy atom. The Bertz CT molecular complexity index is 889. The van der Waals surface area contributed by atoms with Crippen molar-refractivity contribution in [1.82, 2.24) is 10.3 Å². The first-order valence-electron chi connectivity index (χ1n) is 7.95. The summed E-state index contributed by atoms with van der Waals surface area (Å²) in [6.07, 6.45) is 1.94. The van der Waals surface area contributed by atoms with E-state index in [2.05, 4.69) is 10.3 Å². The zero-order valence-corrected chi connectivity index (χ0v) is 13.5. The number of hydrogen-bond acceptors (Lipinski definition) is 3. The van der Waals surface area contributed by atoms with Gasteiger partial charge in [0.2, 0.25) is 5.91 Å². The Hall–Kier alpha value is -3.12. The number of carboxylic acid groups (broad SMARTS) is 1. The van der Waals surface area contributed by atoms with Gasteiger partial charge in [0, 0.05) is 23.5 Å². The molecule has 2 aromatic carbocycles. The summed E-state index contributed by atoms with van der Waals surface area (Å²) in [6, 6.07) is 14.5. The summed E-state index contributed by atoms with van der Waals surface area (Å²) in [5.74, 6) is -1.61. The number of aromatic amines is 1. The van der Waals surface area contributed by atoms with Crippen LogP contribution in [0.1, 0.15) is 17.2 Å². The first kappa shape index (κ1) is 16.7. The lowest BCUT2D eigenvalue weighted by atomic mass is 10.0. The van der Waals surface area contributed by atoms with Crippen molar-refractivity contribution in [2.45, 2.75) is 18.5 Å². The fourth-order valence-corrected chi connectivity index (χ4v) is 2.79. The number of fused-ring (bicyclic) bond motifs is 1. The van der Waals surface area contributed by atoms with Gasteiger partial charge in [0.05, 0.1) is 0 Å². The van der Waals surface area contributed by atoms with E-state index in [1.807, 2.05) is 30.3 Å². The van der Waals surface area contributed by atoms with Gasteiger partial charge in [-0.05, 0) is 17.2 Å². The largest absolute Gasteiger partial charge is 0.480 e. The normalized spacial score (nSPS) is 13.3. The van der Waals surface area contributed by atoms with Crippen LogP contribution in [0.3, 0.4) is 0 Å². The number of carbonyl (C=O) groups is 2. The second-order valence-corrected chi connectivity index (χ2v) is 5.85. The predicted molar refractivity (Wildman–Crippen MR) is 94.9 cm³/mol. The molecule has 25 heavy (non-hydrogen) atoms. The molecule has 5 N–H and O–H groups in total. The summed E-state index contributed by atoms with van der Waals surface area (Å²) >= 11 is 0. The van der Waals surface area contributed by atoms with E-state index >= 15 is 0 Å². The highest BCUT2D eigenvalue weighted by Crippen LogP contribution is 2.19. The van der Waals surface area contributed by atoms with Crippen LogP contribution in [0.2, 0.25) is 0 Å². The van der Waals surface area contributed by atoms with E-state index in [0.29, 0.717) is 5.56 Å². The van der Waals surface area contributed by atoms with Gasteiger partial charge >= 0.3 is 5.97 Å². The van der Waals surface area contributed by atoms with Gasteiger partial charge in [0.15, 0.2) is 0 Å². The summed E-state index contributed by atoms with van der Waals surface area (Å²) in [5, 5.41) is 13.0. The summed E-state index contributed by atoms with van der Waals surface area (Å²) < 4.78 is 0. The predicted octanol–water partition coefficient (Wildman–Crippen LogP) is 1.98. The fraction of sp³-hybridized carbons (Fsp3) is 0.158. The van der Waals surface area contributed by atoms with Crippen molar-refractivity contribution in [2.75, 3.05) is 0 Å². The molecular weight excluding hydrogens is 318 g/mol. The number of amides is 1. The van der Waals surface area contributed by atoms with Crippen LogP contribution in [0.5, 0.6) is 0 Å². The standard InChI is InChI=1S/C19H19N3O3/c20-17(12-6-2-1-3-7-12)18(23)22-16(19(24)25)10-13-11-21-15-9-5-4-8-14(13)15/h1-9,11,16-17,21H,10,20H2,(H,22,23)(H,24,25)/t16-,17+/m0/s1. The van der Waals surface area contributed by atoms with Gasteiger partial charge in [-0.2, -0.15) is 0 Å². The molecular formula is C19H19N3O3. The molecule has 3 rings (SSSR count). The Balaban J connectivity index is 1.75. The average molecular weight is 337 g/mol. The smallest absolute Gasteiger partial charge is 0.326 e. The Morgan fingerprint density at radius 1 is 1.08 bits per heavy atom. The molecule has 0 radical (unpaired) electrons. The quantitative estimate of drug-likeness (QED) is 0.551. The van der Waals surface area contributed by atoms with Crippen LogP contribution in [0.4, 0.5) is 0 Å². The molecule has 6 heteroatoms. The first-order valence-corrected chi connectivity index (χ1v) is 7.95. The number of benzene rings is 2. The van der Waals surface area contributed by atoms with E-state index in [0.717, 1.165) is 16.5 Å². The highest BCUT2D eigenvalue weighted by atomic mass is 16.4. The number of nitrogens with two attached hydrogens (primary N) is 1. The molecule has 1 heterocycles. The van der Waals surface area contributed by atoms with E-state index in [9.17, 15) is 14.7 Å². The average Bonchev–Trinajstić information content (AvgIpc) is 3.04. The Labute approximate surface area is 144 Å². The van der Waals surface area contributed by atoms with Crippen molar-refractivity contribution < 1.29 is 14.7 Å². The van der Waals surface area contributed by atoms with Crippen molar-refractivity contribution >= 4 is 22.8 Å². The van der Waals surface area contributed by atoms with Crippen LogP contribution in [0.15, 0.2) is 60.8 Å². The monoisotopic (exact) mass is 337 g/mol. The third-order valence-corrected chi connectivity index (χ3v) is 4.15. The van der Waals surface area contributed by atoms with Crippen molar-refractivity contribution in [2.24, 2.45) is 5.73 Å². The van der Waals surface area contributed by atoms with E-state index in [4.69, 9.17) is 5.73 Å². The fourth-order valence-electron chi connectivity index (χ4n) is 2.79. The van der Waals surface area contributed by atoms with Crippen molar-refractivity contribution in [3.63, 3.8) is 0 Å². The number of para-hydroxylation sites is 1.